The Labute approximate surface area is 122 Å². The summed E-state index contributed by atoms with van der Waals surface area (Å²) in [5, 5.41) is 8.89. The van der Waals surface area contributed by atoms with Crippen LogP contribution in [0.3, 0.4) is 0 Å². The number of rotatable bonds is 4. The molecule has 0 aromatic heterocycles. The van der Waals surface area contributed by atoms with Crippen molar-refractivity contribution in [2.45, 2.75) is 18.7 Å². The molecule has 1 saturated carbocycles. The molecule has 0 saturated heterocycles. The minimum atomic E-state index is -0.312. The van der Waals surface area contributed by atoms with E-state index in [9.17, 15) is 10.1 Å². The molecule has 0 aliphatic heterocycles. The van der Waals surface area contributed by atoms with Crippen LogP contribution in [-0.4, -0.2) is 5.24 Å². The molecule has 0 spiro atoms. The van der Waals surface area contributed by atoms with Gasteiger partial charge in [0.15, 0.2) is 0 Å². The first-order chi connectivity index (χ1) is 8.96. The molecule has 0 N–H and O–H groups in total. The third-order valence-corrected chi connectivity index (χ3v) is 4.76. The van der Waals surface area contributed by atoms with Crippen molar-refractivity contribution in [2.24, 2.45) is 17.3 Å². The second-order valence-corrected chi connectivity index (χ2v) is 6.67. The van der Waals surface area contributed by atoms with Crippen LogP contribution < -0.4 is 0 Å². The van der Waals surface area contributed by atoms with Crippen molar-refractivity contribution in [3.05, 3.63) is 41.3 Å². The molecule has 1 fully saturated rings. The van der Waals surface area contributed by atoms with Crippen LogP contribution in [-0.2, 0) is 4.79 Å². The van der Waals surface area contributed by atoms with Gasteiger partial charge in [-0.15, -0.1) is 0 Å². The Kier molecular flexibility index (Phi) is 4.03. The number of hydrogen-bond donors (Lipinski definition) is 0. The van der Waals surface area contributed by atoms with Gasteiger partial charge in [0.25, 0.3) is 0 Å². The van der Waals surface area contributed by atoms with E-state index < -0.39 is 0 Å². The van der Waals surface area contributed by atoms with Crippen molar-refractivity contribution < 1.29 is 4.79 Å². The highest BCUT2D eigenvalue weighted by atomic mass is 35.5. The molecular formula is C15H14ClNOS. The fourth-order valence-corrected chi connectivity index (χ4v) is 3.52. The molecule has 0 unspecified atom stereocenters. The Bertz CT molecular complexity index is 559. The van der Waals surface area contributed by atoms with E-state index >= 15 is 0 Å². The van der Waals surface area contributed by atoms with Crippen LogP contribution in [0.4, 0.5) is 0 Å². The van der Waals surface area contributed by atoms with Crippen LogP contribution in [0.1, 0.15) is 13.8 Å². The van der Waals surface area contributed by atoms with Gasteiger partial charge < -0.3 is 0 Å². The molecule has 1 aromatic carbocycles. The smallest absolute Gasteiger partial charge is 0.225 e. The Hall–Kier alpha value is -1.24. The van der Waals surface area contributed by atoms with E-state index in [-0.39, 0.29) is 22.5 Å². The van der Waals surface area contributed by atoms with Gasteiger partial charge in [0.2, 0.25) is 5.24 Å². The van der Waals surface area contributed by atoms with Crippen molar-refractivity contribution in [2.75, 3.05) is 0 Å². The topological polar surface area (TPSA) is 40.9 Å². The molecule has 2 nitrogen and oxygen atoms in total. The summed E-state index contributed by atoms with van der Waals surface area (Å²) in [6.45, 7) is 4.00. The number of carbonyl (C=O) groups excluding carboxylic acids is 1. The fourth-order valence-electron chi connectivity index (χ4n) is 2.29. The van der Waals surface area contributed by atoms with Gasteiger partial charge in [-0.2, -0.15) is 5.26 Å². The number of halogens is 1. The third-order valence-electron chi connectivity index (χ3n) is 3.57. The van der Waals surface area contributed by atoms with E-state index in [1.54, 1.807) is 0 Å². The minimum Gasteiger partial charge on any atom is -0.281 e. The summed E-state index contributed by atoms with van der Waals surface area (Å²) in [7, 11) is 0. The van der Waals surface area contributed by atoms with Gasteiger partial charge in [-0.1, -0.05) is 49.9 Å². The summed E-state index contributed by atoms with van der Waals surface area (Å²) in [5.74, 6) is -0.114. The molecule has 0 amide bonds. The van der Waals surface area contributed by atoms with E-state index in [1.807, 2.05) is 50.3 Å². The average Bonchev–Trinajstić information content (AvgIpc) is 2.91. The quantitative estimate of drug-likeness (QED) is 0.474. The summed E-state index contributed by atoms with van der Waals surface area (Å²) in [6.07, 6.45) is 1.88. The van der Waals surface area contributed by atoms with E-state index in [0.29, 0.717) is 4.91 Å². The SMILES string of the molecule is CC1(C)[C@H](C(=O)Cl)[C@@H]1C=C(C#N)Sc1ccccc1. The van der Waals surface area contributed by atoms with Crippen molar-refractivity contribution in [3.8, 4) is 6.07 Å². The lowest BCUT2D eigenvalue weighted by Crippen LogP contribution is -1.96. The average molecular weight is 292 g/mol. The fraction of sp³-hybridized carbons (Fsp3) is 0.333. The van der Waals surface area contributed by atoms with Gasteiger partial charge in [0.1, 0.15) is 6.07 Å². The molecular weight excluding hydrogens is 278 g/mol. The molecule has 0 radical (unpaired) electrons. The van der Waals surface area contributed by atoms with Crippen molar-refractivity contribution in [1.82, 2.24) is 0 Å². The van der Waals surface area contributed by atoms with Crippen molar-refractivity contribution >= 4 is 28.6 Å². The number of allylic oxidation sites excluding steroid dienone is 2. The van der Waals surface area contributed by atoms with Crippen molar-refractivity contribution in [3.63, 3.8) is 0 Å². The van der Waals surface area contributed by atoms with Crippen LogP contribution in [0, 0.1) is 28.6 Å². The van der Waals surface area contributed by atoms with Crippen LogP contribution in [0.25, 0.3) is 0 Å². The van der Waals surface area contributed by atoms with Gasteiger partial charge in [-0.05, 0) is 35.1 Å². The Balaban J connectivity index is 2.14. The van der Waals surface area contributed by atoms with Crippen LogP contribution in [0.2, 0.25) is 0 Å². The van der Waals surface area contributed by atoms with Gasteiger partial charge in [-0.3, -0.25) is 4.79 Å². The minimum absolute atomic E-state index is 0.0587. The Morgan fingerprint density at radius 1 is 1.42 bits per heavy atom. The molecule has 1 aliphatic carbocycles. The van der Waals surface area contributed by atoms with Crippen LogP contribution in [0.15, 0.2) is 46.2 Å². The van der Waals surface area contributed by atoms with E-state index in [2.05, 4.69) is 6.07 Å². The highest BCUT2D eigenvalue weighted by Gasteiger charge is 2.60. The number of nitriles is 1. The standard InChI is InChI=1S/C15H14ClNOS/c1-15(2)12(13(15)14(16)18)8-11(9-17)19-10-6-4-3-5-7-10/h3-8,12-13H,1-2H3/t12-,13-/m0/s1. The number of benzene rings is 1. The molecule has 0 heterocycles. The number of carbonyl (C=O) groups is 1. The highest BCUT2D eigenvalue weighted by Crippen LogP contribution is 2.60. The summed E-state index contributed by atoms with van der Waals surface area (Å²) in [6, 6.07) is 11.9. The number of thioether (sulfide) groups is 1. The van der Waals surface area contributed by atoms with Crippen LogP contribution >= 0.6 is 23.4 Å². The Morgan fingerprint density at radius 2 is 2.05 bits per heavy atom. The zero-order valence-electron chi connectivity index (χ0n) is 10.8. The lowest BCUT2D eigenvalue weighted by atomic mass is 10.1. The summed E-state index contributed by atoms with van der Waals surface area (Å²) in [4.78, 5) is 12.9. The monoisotopic (exact) mass is 291 g/mol. The van der Waals surface area contributed by atoms with E-state index in [1.165, 1.54) is 11.8 Å². The lowest BCUT2D eigenvalue weighted by molar-refractivity contribution is -0.113. The maximum absolute atomic E-state index is 11.3. The summed E-state index contributed by atoms with van der Waals surface area (Å²) < 4.78 is 0. The molecule has 98 valence electrons. The normalized spacial score (nSPS) is 24.6. The first kappa shape index (κ1) is 14.2. The molecule has 4 heteroatoms. The van der Waals surface area contributed by atoms with E-state index in [0.717, 1.165) is 4.90 Å². The van der Waals surface area contributed by atoms with Gasteiger partial charge in [-0.25, -0.2) is 0 Å². The number of nitrogens with zero attached hydrogens (tertiary/aromatic N) is 1. The predicted octanol–water partition coefficient (Wildman–Crippen LogP) is 4.22. The lowest BCUT2D eigenvalue weighted by Gasteiger charge is -2.00. The second kappa shape index (κ2) is 5.40. The highest BCUT2D eigenvalue weighted by molar-refractivity contribution is 8.03. The van der Waals surface area contributed by atoms with Gasteiger partial charge >= 0.3 is 0 Å². The summed E-state index contributed by atoms with van der Waals surface area (Å²) in [5.41, 5.74) is -0.141. The summed E-state index contributed by atoms with van der Waals surface area (Å²) >= 11 is 7.00. The zero-order chi connectivity index (χ0) is 14.0. The molecule has 2 rings (SSSR count). The molecule has 19 heavy (non-hydrogen) atoms. The van der Waals surface area contributed by atoms with Crippen LogP contribution in [0.5, 0.6) is 0 Å². The van der Waals surface area contributed by atoms with Crippen molar-refractivity contribution in [1.29, 1.82) is 5.26 Å². The molecule has 0 bridgehead atoms. The molecule has 2 atom stereocenters. The van der Waals surface area contributed by atoms with Gasteiger partial charge in [0, 0.05) is 10.8 Å². The maximum atomic E-state index is 11.3. The molecule has 1 aromatic rings. The largest absolute Gasteiger partial charge is 0.281 e. The number of hydrogen-bond acceptors (Lipinski definition) is 3. The molecule has 1 aliphatic rings. The first-order valence-corrected chi connectivity index (χ1v) is 7.20. The maximum Gasteiger partial charge on any atom is 0.225 e. The Morgan fingerprint density at radius 3 is 2.53 bits per heavy atom. The second-order valence-electron chi connectivity index (χ2n) is 5.19. The first-order valence-electron chi connectivity index (χ1n) is 6.01. The van der Waals surface area contributed by atoms with E-state index in [4.69, 9.17) is 11.6 Å². The third kappa shape index (κ3) is 3.02. The zero-order valence-corrected chi connectivity index (χ0v) is 12.3. The predicted molar refractivity (Wildman–Crippen MR) is 77.6 cm³/mol. The van der Waals surface area contributed by atoms with Gasteiger partial charge in [0.05, 0.1) is 4.91 Å².